The van der Waals surface area contributed by atoms with Crippen LogP contribution in [0.25, 0.3) is 0 Å². The second-order valence-electron chi connectivity index (χ2n) is 4.67. The smallest absolute Gasteiger partial charge is 0.231 e. The highest BCUT2D eigenvalue weighted by Crippen LogP contribution is 2.38. The number of nitrogens with zero attached hydrogens (tertiary/aromatic N) is 1. The van der Waals surface area contributed by atoms with Gasteiger partial charge in [-0.15, -0.1) is 0 Å². The maximum Gasteiger partial charge on any atom is 0.231 e. The number of hydrogen-bond donors (Lipinski definition) is 1. The molecule has 0 aromatic heterocycles. The van der Waals surface area contributed by atoms with Crippen molar-refractivity contribution in [2.45, 2.75) is 6.54 Å². The zero-order chi connectivity index (χ0) is 14.1. The van der Waals surface area contributed by atoms with E-state index in [1.54, 1.807) is 12.1 Å². The minimum Gasteiger partial charge on any atom is -0.507 e. The third kappa shape index (κ3) is 2.34. The molecule has 20 heavy (non-hydrogen) atoms. The summed E-state index contributed by atoms with van der Waals surface area (Å²) in [7, 11) is 1.83. The van der Waals surface area contributed by atoms with Gasteiger partial charge in [-0.1, -0.05) is 6.07 Å². The normalized spacial score (nSPS) is 12.5. The van der Waals surface area contributed by atoms with Crippen LogP contribution in [0.1, 0.15) is 5.56 Å². The summed E-state index contributed by atoms with van der Waals surface area (Å²) >= 11 is 0. The second-order valence-corrected chi connectivity index (χ2v) is 4.67. The highest BCUT2D eigenvalue weighted by Gasteiger charge is 2.17. The predicted molar refractivity (Wildman–Crippen MR) is 72.7 cm³/mol. The Hall–Kier alpha value is -2.43. The van der Waals surface area contributed by atoms with Gasteiger partial charge in [-0.3, -0.25) is 0 Å². The van der Waals surface area contributed by atoms with Gasteiger partial charge in [-0.05, 0) is 24.3 Å². The Morgan fingerprint density at radius 2 is 1.95 bits per heavy atom. The lowest BCUT2D eigenvalue weighted by Crippen LogP contribution is -2.16. The topological polar surface area (TPSA) is 41.9 Å². The van der Waals surface area contributed by atoms with Crippen LogP contribution in [-0.2, 0) is 6.54 Å². The Bertz CT molecular complexity index is 645. The Morgan fingerprint density at radius 3 is 2.70 bits per heavy atom. The first-order chi connectivity index (χ1) is 9.63. The van der Waals surface area contributed by atoms with Crippen LogP contribution in [0.2, 0.25) is 0 Å². The predicted octanol–water partition coefficient (Wildman–Crippen LogP) is 2.90. The summed E-state index contributed by atoms with van der Waals surface area (Å²) in [5.74, 6) is 1.01. The lowest BCUT2D eigenvalue weighted by Gasteiger charge is -2.20. The molecule has 1 aliphatic rings. The first-order valence-corrected chi connectivity index (χ1v) is 6.21. The van der Waals surface area contributed by atoms with Crippen LogP contribution >= 0.6 is 0 Å². The summed E-state index contributed by atoms with van der Waals surface area (Å²) < 4.78 is 23.7. The van der Waals surface area contributed by atoms with E-state index in [0.717, 1.165) is 5.69 Å². The van der Waals surface area contributed by atoms with Gasteiger partial charge in [0.05, 0.1) is 0 Å². The van der Waals surface area contributed by atoms with Crippen LogP contribution in [0.3, 0.4) is 0 Å². The highest BCUT2D eigenvalue weighted by molar-refractivity contribution is 5.53. The number of fused-ring (bicyclic) bond motifs is 1. The van der Waals surface area contributed by atoms with Gasteiger partial charge >= 0.3 is 0 Å². The maximum atomic E-state index is 13.2. The fraction of sp³-hybridized carbons (Fsp3) is 0.200. The molecule has 0 aliphatic carbocycles. The van der Waals surface area contributed by atoms with E-state index in [-0.39, 0.29) is 18.4 Å². The van der Waals surface area contributed by atoms with Crippen molar-refractivity contribution >= 4 is 5.69 Å². The standard InChI is InChI=1S/C15H14FNO3/c1-17(12-4-2-3-11(16)6-12)8-10-5-14-15(7-13(10)18)20-9-19-14/h2-7,18H,8-9H2,1H3. The SMILES string of the molecule is CN(Cc1cc2c(cc1O)OCO2)c1cccc(F)c1. The molecule has 0 spiro atoms. The Morgan fingerprint density at radius 1 is 1.20 bits per heavy atom. The summed E-state index contributed by atoms with van der Waals surface area (Å²) in [6.45, 7) is 0.601. The molecule has 1 heterocycles. The molecule has 0 saturated carbocycles. The van der Waals surface area contributed by atoms with Crippen LogP contribution in [0.5, 0.6) is 17.2 Å². The molecule has 0 unspecified atom stereocenters. The molecule has 104 valence electrons. The third-order valence-electron chi connectivity index (χ3n) is 3.23. The van der Waals surface area contributed by atoms with E-state index < -0.39 is 0 Å². The monoisotopic (exact) mass is 275 g/mol. The summed E-state index contributed by atoms with van der Waals surface area (Å²) in [6.07, 6.45) is 0. The van der Waals surface area contributed by atoms with Gasteiger partial charge in [-0.2, -0.15) is 0 Å². The maximum absolute atomic E-state index is 13.2. The molecule has 2 aromatic rings. The van der Waals surface area contributed by atoms with E-state index in [9.17, 15) is 9.50 Å². The van der Waals surface area contributed by atoms with Crippen molar-refractivity contribution in [1.82, 2.24) is 0 Å². The molecule has 0 amide bonds. The second kappa shape index (κ2) is 4.92. The van der Waals surface area contributed by atoms with E-state index in [1.807, 2.05) is 18.0 Å². The molecule has 5 heteroatoms. The number of benzene rings is 2. The molecule has 0 atom stereocenters. The number of phenols is 1. The summed E-state index contributed by atoms with van der Waals surface area (Å²) in [6, 6.07) is 9.59. The van der Waals surface area contributed by atoms with Gasteiger partial charge in [0.25, 0.3) is 0 Å². The van der Waals surface area contributed by atoms with Crippen LogP contribution < -0.4 is 14.4 Å². The number of rotatable bonds is 3. The van der Waals surface area contributed by atoms with Crippen LogP contribution in [0.4, 0.5) is 10.1 Å². The zero-order valence-corrected chi connectivity index (χ0v) is 11.0. The van der Waals surface area contributed by atoms with E-state index >= 15 is 0 Å². The number of hydrogen-bond acceptors (Lipinski definition) is 4. The van der Waals surface area contributed by atoms with Crippen molar-refractivity contribution in [2.75, 3.05) is 18.7 Å². The first-order valence-electron chi connectivity index (χ1n) is 6.21. The molecular formula is C15H14FNO3. The van der Waals surface area contributed by atoms with Crippen LogP contribution in [0.15, 0.2) is 36.4 Å². The molecule has 0 bridgehead atoms. The lowest BCUT2D eigenvalue weighted by molar-refractivity contribution is 0.174. The van der Waals surface area contributed by atoms with Gasteiger partial charge in [-0.25, -0.2) is 4.39 Å². The van der Waals surface area contributed by atoms with Crippen molar-refractivity contribution in [3.63, 3.8) is 0 Å². The van der Waals surface area contributed by atoms with Gasteiger partial charge < -0.3 is 19.5 Å². The first kappa shape index (κ1) is 12.6. The van der Waals surface area contributed by atoms with Crippen molar-refractivity contribution in [1.29, 1.82) is 0 Å². The van der Waals surface area contributed by atoms with Crippen molar-refractivity contribution in [2.24, 2.45) is 0 Å². The highest BCUT2D eigenvalue weighted by atomic mass is 19.1. The molecule has 0 saturated heterocycles. The average Bonchev–Trinajstić information content (AvgIpc) is 2.86. The van der Waals surface area contributed by atoms with Gasteiger partial charge in [0.15, 0.2) is 11.5 Å². The van der Waals surface area contributed by atoms with E-state index in [1.165, 1.54) is 18.2 Å². The van der Waals surface area contributed by atoms with Gasteiger partial charge in [0.1, 0.15) is 11.6 Å². The number of aromatic hydroxyl groups is 1. The largest absolute Gasteiger partial charge is 0.507 e. The average molecular weight is 275 g/mol. The molecule has 3 rings (SSSR count). The Labute approximate surface area is 116 Å². The minimum atomic E-state index is -0.288. The van der Waals surface area contributed by atoms with Crippen molar-refractivity contribution in [3.8, 4) is 17.2 Å². The zero-order valence-electron chi connectivity index (χ0n) is 11.0. The van der Waals surface area contributed by atoms with Crippen molar-refractivity contribution in [3.05, 3.63) is 47.8 Å². The van der Waals surface area contributed by atoms with Gasteiger partial charge in [0.2, 0.25) is 6.79 Å². The number of anilines is 1. The van der Waals surface area contributed by atoms with Crippen LogP contribution in [0, 0.1) is 5.82 Å². The molecular weight excluding hydrogens is 261 g/mol. The number of ether oxygens (including phenoxy) is 2. The quantitative estimate of drug-likeness (QED) is 0.935. The van der Waals surface area contributed by atoms with E-state index in [2.05, 4.69) is 0 Å². The fourth-order valence-electron chi connectivity index (χ4n) is 2.16. The van der Waals surface area contributed by atoms with Crippen molar-refractivity contribution < 1.29 is 19.0 Å². The summed E-state index contributed by atoms with van der Waals surface area (Å²) in [5, 5.41) is 9.99. The molecule has 2 aromatic carbocycles. The molecule has 0 radical (unpaired) electrons. The summed E-state index contributed by atoms with van der Waals surface area (Å²) in [4.78, 5) is 1.85. The lowest BCUT2D eigenvalue weighted by atomic mass is 10.1. The molecule has 4 nitrogen and oxygen atoms in total. The summed E-state index contributed by atoms with van der Waals surface area (Å²) in [5.41, 5.74) is 1.43. The fourth-order valence-corrected chi connectivity index (χ4v) is 2.16. The Balaban J connectivity index is 1.84. The van der Waals surface area contributed by atoms with Gasteiger partial charge in [0, 0.05) is 30.9 Å². The minimum absolute atomic E-state index is 0.137. The van der Waals surface area contributed by atoms with E-state index in [0.29, 0.717) is 23.6 Å². The molecule has 1 aliphatic heterocycles. The van der Waals surface area contributed by atoms with E-state index in [4.69, 9.17) is 9.47 Å². The third-order valence-corrected chi connectivity index (χ3v) is 3.23. The number of phenolic OH excluding ortho intramolecular Hbond substituents is 1. The van der Waals surface area contributed by atoms with Crippen LogP contribution in [-0.4, -0.2) is 18.9 Å². The molecule has 0 fully saturated rings. The Kier molecular flexibility index (Phi) is 3.10. The number of halogens is 1. The molecule has 1 N–H and O–H groups in total.